The van der Waals surface area contributed by atoms with Crippen LogP contribution in [0, 0.1) is 0 Å². The Morgan fingerprint density at radius 3 is 2.45 bits per heavy atom. The predicted octanol–water partition coefficient (Wildman–Crippen LogP) is 3.10. The van der Waals surface area contributed by atoms with Crippen molar-refractivity contribution in [3.63, 3.8) is 0 Å². The van der Waals surface area contributed by atoms with E-state index in [1.807, 2.05) is 6.07 Å². The fraction of sp³-hybridized carbons (Fsp3) is 0.182. The van der Waals surface area contributed by atoms with Crippen molar-refractivity contribution >= 4 is 27.3 Å². The summed E-state index contributed by atoms with van der Waals surface area (Å²) in [6.45, 7) is 0.530. The summed E-state index contributed by atoms with van der Waals surface area (Å²) in [5.41, 5.74) is 2.56. The molecule has 0 bridgehead atoms. The van der Waals surface area contributed by atoms with Crippen LogP contribution in [-0.4, -0.2) is 40.1 Å². The maximum absolute atomic E-state index is 12.9. The number of carbonyl (C=O) groups excluding carboxylic acids is 1. The molecule has 1 aliphatic heterocycles. The van der Waals surface area contributed by atoms with Gasteiger partial charge in [-0.1, -0.05) is 6.07 Å². The lowest BCUT2D eigenvalue weighted by Gasteiger charge is -2.18. The maximum Gasteiger partial charge on any atom is 0.262 e. The van der Waals surface area contributed by atoms with Crippen molar-refractivity contribution in [3.8, 4) is 11.5 Å². The van der Waals surface area contributed by atoms with Gasteiger partial charge >= 0.3 is 0 Å². The highest BCUT2D eigenvalue weighted by atomic mass is 32.2. The van der Waals surface area contributed by atoms with Crippen LogP contribution in [0.5, 0.6) is 11.5 Å². The largest absolute Gasteiger partial charge is 0.493 e. The Kier molecular flexibility index (Phi) is 5.51. The number of rotatable bonds is 6. The van der Waals surface area contributed by atoms with Gasteiger partial charge in [0.15, 0.2) is 11.5 Å². The first-order valence-corrected chi connectivity index (χ1v) is 11.0. The molecule has 1 aliphatic rings. The zero-order chi connectivity index (χ0) is 22.0. The second kappa shape index (κ2) is 8.27. The summed E-state index contributed by atoms with van der Waals surface area (Å²) in [4.78, 5) is 18.5. The molecule has 2 aromatic carbocycles. The van der Waals surface area contributed by atoms with Gasteiger partial charge in [-0.15, -0.1) is 0 Å². The van der Waals surface area contributed by atoms with Gasteiger partial charge in [-0.3, -0.25) is 14.5 Å². The molecular weight excluding hydrogens is 418 g/mol. The number of sulfonamides is 1. The van der Waals surface area contributed by atoms with Crippen LogP contribution in [0.1, 0.15) is 15.9 Å². The van der Waals surface area contributed by atoms with Gasteiger partial charge in [0, 0.05) is 36.3 Å². The summed E-state index contributed by atoms with van der Waals surface area (Å²) < 4.78 is 38.8. The first-order valence-electron chi connectivity index (χ1n) is 9.52. The molecule has 0 fully saturated rings. The third-order valence-corrected chi connectivity index (χ3v) is 6.45. The van der Waals surface area contributed by atoms with Crippen LogP contribution in [0.2, 0.25) is 0 Å². The Balaban J connectivity index is 1.62. The Bertz CT molecular complexity index is 1230. The number of pyridine rings is 1. The molecule has 160 valence electrons. The van der Waals surface area contributed by atoms with Gasteiger partial charge in [0.25, 0.3) is 15.9 Å². The van der Waals surface area contributed by atoms with E-state index in [9.17, 15) is 13.2 Å². The van der Waals surface area contributed by atoms with Gasteiger partial charge in [0.05, 0.1) is 24.8 Å². The fourth-order valence-electron chi connectivity index (χ4n) is 3.50. The highest BCUT2D eigenvalue weighted by Crippen LogP contribution is 2.34. The van der Waals surface area contributed by atoms with E-state index >= 15 is 0 Å². The standard InChI is InChI=1S/C22H21N3O5S/c1-29-20-6-5-18(14-21(20)30-2)31(27,28)24-17-4-3-15-9-12-25(19(15)13-17)22(26)16-7-10-23-11-8-16/h3-8,10-11,13-14,24H,9,12H2,1-2H3. The van der Waals surface area contributed by atoms with E-state index in [2.05, 4.69) is 9.71 Å². The number of nitrogens with zero attached hydrogens (tertiary/aromatic N) is 2. The van der Waals surface area contributed by atoms with Crippen molar-refractivity contribution in [1.29, 1.82) is 0 Å². The smallest absolute Gasteiger partial charge is 0.262 e. The molecule has 1 amide bonds. The number of benzene rings is 2. The summed E-state index contributed by atoms with van der Waals surface area (Å²) in [5, 5.41) is 0. The predicted molar refractivity (Wildman–Crippen MR) is 116 cm³/mol. The highest BCUT2D eigenvalue weighted by molar-refractivity contribution is 7.92. The van der Waals surface area contributed by atoms with Crippen LogP contribution in [0.4, 0.5) is 11.4 Å². The molecule has 1 N–H and O–H groups in total. The van der Waals surface area contributed by atoms with Crippen molar-refractivity contribution in [2.24, 2.45) is 0 Å². The van der Waals surface area contributed by atoms with Gasteiger partial charge in [-0.05, 0) is 48.4 Å². The molecule has 4 rings (SSSR count). The molecule has 0 unspecified atom stereocenters. The fourth-order valence-corrected chi connectivity index (χ4v) is 4.57. The second-order valence-electron chi connectivity index (χ2n) is 6.91. The lowest BCUT2D eigenvalue weighted by Crippen LogP contribution is -2.28. The molecule has 0 saturated heterocycles. The lowest BCUT2D eigenvalue weighted by atomic mass is 10.1. The first kappa shape index (κ1) is 20.7. The third-order valence-electron chi connectivity index (χ3n) is 5.07. The van der Waals surface area contributed by atoms with Gasteiger partial charge in [0.2, 0.25) is 0 Å². The molecule has 8 nitrogen and oxygen atoms in total. The highest BCUT2D eigenvalue weighted by Gasteiger charge is 2.26. The average molecular weight is 439 g/mol. The number of methoxy groups -OCH3 is 2. The van der Waals surface area contributed by atoms with Crippen LogP contribution >= 0.6 is 0 Å². The quantitative estimate of drug-likeness (QED) is 0.634. The van der Waals surface area contributed by atoms with Gasteiger partial charge in [0.1, 0.15) is 0 Å². The van der Waals surface area contributed by atoms with E-state index in [0.717, 1.165) is 5.56 Å². The molecule has 3 aromatic rings. The van der Waals surface area contributed by atoms with Gasteiger partial charge < -0.3 is 14.4 Å². The molecule has 31 heavy (non-hydrogen) atoms. The number of anilines is 2. The van der Waals surface area contributed by atoms with E-state index in [1.54, 1.807) is 41.6 Å². The van der Waals surface area contributed by atoms with Crippen LogP contribution in [0.3, 0.4) is 0 Å². The van der Waals surface area contributed by atoms with Crippen LogP contribution in [0.15, 0.2) is 65.8 Å². The number of fused-ring (bicyclic) bond motifs is 1. The molecule has 1 aromatic heterocycles. The van der Waals surface area contributed by atoms with Crippen LogP contribution < -0.4 is 19.1 Å². The van der Waals surface area contributed by atoms with Crippen LogP contribution in [0.25, 0.3) is 0 Å². The SMILES string of the molecule is COc1ccc(S(=O)(=O)Nc2ccc3c(c2)N(C(=O)c2ccncc2)CC3)cc1OC. The Labute approximate surface area is 180 Å². The van der Waals surface area contributed by atoms with Gasteiger partial charge in [-0.25, -0.2) is 8.42 Å². The molecule has 0 saturated carbocycles. The summed E-state index contributed by atoms with van der Waals surface area (Å²) in [6, 6.07) is 12.9. The summed E-state index contributed by atoms with van der Waals surface area (Å²) in [7, 11) is -0.954. The minimum atomic E-state index is -3.88. The van der Waals surface area contributed by atoms with Crippen molar-refractivity contribution < 1.29 is 22.7 Å². The molecule has 9 heteroatoms. The Morgan fingerprint density at radius 2 is 1.74 bits per heavy atom. The van der Waals surface area contributed by atoms with Crippen LogP contribution in [-0.2, 0) is 16.4 Å². The molecule has 2 heterocycles. The monoisotopic (exact) mass is 439 g/mol. The number of aromatic nitrogens is 1. The summed E-state index contributed by atoms with van der Waals surface area (Å²) in [6.07, 6.45) is 3.84. The molecule has 0 aliphatic carbocycles. The number of hydrogen-bond acceptors (Lipinski definition) is 6. The normalized spacial score (nSPS) is 12.9. The van der Waals surface area contributed by atoms with Crippen molar-refractivity contribution in [2.75, 3.05) is 30.4 Å². The summed E-state index contributed by atoms with van der Waals surface area (Å²) in [5.74, 6) is 0.596. The minimum Gasteiger partial charge on any atom is -0.493 e. The lowest BCUT2D eigenvalue weighted by molar-refractivity contribution is 0.0989. The Hall–Kier alpha value is -3.59. The zero-order valence-electron chi connectivity index (χ0n) is 17.0. The number of nitrogens with one attached hydrogen (secondary N) is 1. The number of carbonyl (C=O) groups is 1. The van der Waals surface area contributed by atoms with E-state index in [4.69, 9.17) is 9.47 Å². The average Bonchev–Trinajstić information content (AvgIpc) is 3.21. The van der Waals surface area contributed by atoms with Crippen molar-refractivity contribution in [1.82, 2.24) is 4.98 Å². The zero-order valence-corrected chi connectivity index (χ0v) is 17.8. The second-order valence-corrected chi connectivity index (χ2v) is 8.59. The van der Waals surface area contributed by atoms with Crippen molar-refractivity contribution in [3.05, 3.63) is 72.1 Å². The van der Waals surface area contributed by atoms with E-state index < -0.39 is 10.0 Å². The topological polar surface area (TPSA) is 97.8 Å². The maximum atomic E-state index is 12.9. The number of ether oxygens (including phenoxy) is 2. The first-order chi connectivity index (χ1) is 14.9. The minimum absolute atomic E-state index is 0.0374. The molecule has 0 radical (unpaired) electrons. The molecular formula is C22H21N3O5S. The van der Waals surface area contributed by atoms with E-state index in [-0.39, 0.29) is 10.8 Å². The third kappa shape index (κ3) is 4.04. The Morgan fingerprint density at radius 1 is 1.00 bits per heavy atom. The van der Waals surface area contributed by atoms with Gasteiger partial charge in [-0.2, -0.15) is 0 Å². The van der Waals surface area contributed by atoms with E-state index in [0.29, 0.717) is 41.4 Å². The van der Waals surface area contributed by atoms with Crippen molar-refractivity contribution in [2.45, 2.75) is 11.3 Å². The molecule has 0 spiro atoms. The summed E-state index contributed by atoms with van der Waals surface area (Å²) >= 11 is 0. The molecule has 0 atom stereocenters. The number of amides is 1. The number of hydrogen-bond donors (Lipinski definition) is 1. The van der Waals surface area contributed by atoms with E-state index in [1.165, 1.54) is 32.4 Å².